The number of hydrogen-bond donors (Lipinski definition) is 0. The van der Waals surface area contributed by atoms with E-state index in [1.165, 1.54) is 11.3 Å². The monoisotopic (exact) mass is 257 g/mol. The number of carbonyl (C=O) groups is 1. The largest absolute Gasteiger partial charge is 0.336 e. The molecule has 90 valence electrons. The van der Waals surface area contributed by atoms with E-state index in [9.17, 15) is 4.79 Å². The summed E-state index contributed by atoms with van der Waals surface area (Å²) < 4.78 is 0. The van der Waals surface area contributed by atoms with E-state index >= 15 is 0 Å². The van der Waals surface area contributed by atoms with E-state index in [4.69, 9.17) is 5.26 Å². The number of thiazole rings is 1. The van der Waals surface area contributed by atoms with Crippen molar-refractivity contribution in [2.24, 2.45) is 0 Å². The van der Waals surface area contributed by atoms with Gasteiger partial charge in [-0.15, -0.1) is 11.3 Å². The first kappa shape index (κ1) is 12.3. The normalized spacial score (nSPS) is 9.78. The van der Waals surface area contributed by atoms with Crippen molar-refractivity contribution in [2.75, 3.05) is 7.05 Å². The van der Waals surface area contributed by atoms with Crippen molar-refractivity contribution in [1.29, 1.82) is 5.26 Å². The van der Waals surface area contributed by atoms with Crippen LogP contribution in [0.4, 0.5) is 0 Å². The van der Waals surface area contributed by atoms with Gasteiger partial charge < -0.3 is 4.90 Å². The third-order valence-corrected chi connectivity index (χ3v) is 3.06. The molecule has 2 aromatic rings. The Morgan fingerprint density at radius 1 is 1.56 bits per heavy atom. The van der Waals surface area contributed by atoms with Crippen LogP contribution in [0.5, 0.6) is 0 Å². The Hall–Kier alpha value is -2.19. The second-order valence-electron chi connectivity index (χ2n) is 3.85. The standard InChI is InChI=1S/C13H11N3OS/c1-16(13(17)12-8-18-9-15-12)7-11-4-2-3-10(5-11)6-14/h2-5,8-9H,7H2,1H3. The van der Waals surface area contributed by atoms with Crippen molar-refractivity contribution >= 4 is 17.2 Å². The maximum atomic E-state index is 12.0. The highest BCUT2D eigenvalue weighted by Gasteiger charge is 2.13. The summed E-state index contributed by atoms with van der Waals surface area (Å²) in [7, 11) is 1.72. The molecule has 0 bridgehead atoms. The van der Waals surface area contributed by atoms with Gasteiger partial charge in [0, 0.05) is 19.0 Å². The summed E-state index contributed by atoms with van der Waals surface area (Å²) in [4.78, 5) is 17.5. The van der Waals surface area contributed by atoms with E-state index in [2.05, 4.69) is 11.1 Å². The maximum absolute atomic E-state index is 12.0. The third kappa shape index (κ3) is 2.73. The molecule has 0 aliphatic rings. The fourth-order valence-corrected chi connectivity index (χ4v) is 2.12. The van der Waals surface area contributed by atoms with Crippen molar-refractivity contribution in [2.45, 2.75) is 6.54 Å². The van der Waals surface area contributed by atoms with E-state index in [1.54, 1.807) is 35.0 Å². The van der Waals surface area contributed by atoms with E-state index in [1.807, 2.05) is 12.1 Å². The summed E-state index contributed by atoms with van der Waals surface area (Å²) >= 11 is 1.40. The van der Waals surface area contributed by atoms with Crippen LogP contribution in [0, 0.1) is 11.3 Å². The molecule has 1 aromatic heterocycles. The van der Waals surface area contributed by atoms with Crippen LogP contribution < -0.4 is 0 Å². The second-order valence-corrected chi connectivity index (χ2v) is 4.57. The van der Waals surface area contributed by atoms with Gasteiger partial charge in [-0.05, 0) is 17.7 Å². The van der Waals surface area contributed by atoms with Gasteiger partial charge in [0.1, 0.15) is 5.69 Å². The first-order valence-electron chi connectivity index (χ1n) is 5.33. The molecular weight excluding hydrogens is 246 g/mol. The fourth-order valence-electron chi connectivity index (χ4n) is 1.60. The summed E-state index contributed by atoms with van der Waals surface area (Å²) in [5, 5.41) is 10.5. The van der Waals surface area contributed by atoms with Crippen LogP contribution in [0.1, 0.15) is 21.6 Å². The third-order valence-electron chi connectivity index (χ3n) is 2.47. The predicted octanol–water partition coefficient (Wildman–Crippen LogP) is 2.29. The predicted molar refractivity (Wildman–Crippen MR) is 69.1 cm³/mol. The minimum absolute atomic E-state index is 0.112. The van der Waals surface area contributed by atoms with Crippen molar-refractivity contribution in [3.8, 4) is 6.07 Å². The minimum atomic E-state index is -0.112. The highest BCUT2D eigenvalue weighted by atomic mass is 32.1. The Morgan fingerprint density at radius 3 is 3.06 bits per heavy atom. The highest BCUT2D eigenvalue weighted by Crippen LogP contribution is 2.10. The number of rotatable bonds is 3. The summed E-state index contributed by atoms with van der Waals surface area (Å²) in [6.07, 6.45) is 0. The van der Waals surface area contributed by atoms with Gasteiger partial charge in [-0.1, -0.05) is 12.1 Å². The molecule has 18 heavy (non-hydrogen) atoms. The molecule has 0 N–H and O–H groups in total. The lowest BCUT2D eigenvalue weighted by atomic mass is 10.1. The molecule has 4 nitrogen and oxygen atoms in total. The summed E-state index contributed by atoms with van der Waals surface area (Å²) in [6.45, 7) is 0.464. The van der Waals surface area contributed by atoms with Crippen LogP contribution in [0.2, 0.25) is 0 Å². The molecular formula is C13H11N3OS. The fraction of sp³-hybridized carbons (Fsp3) is 0.154. The lowest BCUT2D eigenvalue weighted by molar-refractivity contribution is 0.0780. The van der Waals surface area contributed by atoms with Gasteiger partial charge in [-0.25, -0.2) is 4.98 Å². The number of amides is 1. The first-order valence-corrected chi connectivity index (χ1v) is 6.27. The molecule has 1 heterocycles. The highest BCUT2D eigenvalue weighted by molar-refractivity contribution is 7.07. The maximum Gasteiger partial charge on any atom is 0.273 e. The molecule has 0 saturated heterocycles. The smallest absolute Gasteiger partial charge is 0.273 e. The number of nitrogens with zero attached hydrogens (tertiary/aromatic N) is 3. The summed E-state index contributed by atoms with van der Waals surface area (Å²) in [6, 6.07) is 9.32. The molecule has 1 aromatic carbocycles. The van der Waals surface area contributed by atoms with Crippen LogP contribution in [-0.4, -0.2) is 22.8 Å². The molecule has 0 aliphatic heterocycles. The average Bonchev–Trinajstić information content (AvgIpc) is 2.92. The van der Waals surface area contributed by atoms with E-state index in [0.717, 1.165) is 5.56 Å². The minimum Gasteiger partial charge on any atom is -0.336 e. The lowest BCUT2D eigenvalue weighted by Crippen LogP contribution is -2.26. The van der Waals surface area contributed by atoms with Gasteiger partial charge in [0.15, 0.2) is 0 Å². The van der Waals surface area contributed by atoms with Gasteiger partial charge in [-0.3, -0.25) is 4.79 Å². The second kappa shape index (κ2) is 5.43. The Balaban J connectivity index is 2.09. The lowest BCUT2D eigenvalue weighted by Gasteiger charge is -2.16. The Morgan fingerprint density at radius 2 is 2.39 bits per heavy atom. The zero-order valence-electron chi connectivity index (χ0n) is 9.83. The number of carbonyl (C=O) groups excluding carboxylic acids is 1. The molecule has 1 amide bonds. The Bertz CT molecular complexity index is 587. The molecule has 0 unspecified atom stereocenters. The van der Waals surface area contributed by atoms with Gasteiger partial charge in [0.25, 0.3) is 5.91 Å². The van der Waals surface area contributed by atoms with Crippen molar-refractivity contribution in [1.82, 2.24) is 9.88 Å². The number of hydrogen-bond acceptors (Lipinski definition) is 4. The SMILES string of the molecule is CN(Cc1cccc(C#N)c1)C(=O)c1cscn1. The molecule has 0 atom stereocenters. The molecule has 0 aliphatic carbocycles. The quantitative estimate of drug-likeness (QED) is 0.847. The molecule has 5 heteroatoms. The van der Waals surface area contributed by atoms with Crippen LogP contribution in [0.3, 0.4) is 0 Å². The number of nitriles is 1. The van der Waals surface area contributed by atoms with Gasteiger partial charge in [0.2, 0.25) is 0 Å². The zero-order valence-corrected chi connectivity index (χ0v) is 10.6. The summed E-state index contributed by atoms with van der Waals surface area (Å²) in [5.41, 5.74) is 3.62. The number of benzene rings is 1. The van der Waals surface area contributed by atoms with Crippen LogP contribution in [-0.2, 0) is 6.54 Å². The van der Waals surface area contributed by atoms with Crippen molar-refractivity contribution in [3.05, 3.63) is 52.0 Å². The van der Waals surface area contributed by atoms with Gasteiger partial charge in [0.05, 0.1) is 17.1 Å². The van der Waals surface area contributed by atoms with Crippen LogP contribution in [0.25, 0.3) is 0 Å². The Labute approximate surface area is 109 Å². The van der Waals surface area contributed by atoms with E-state index < -0.39 is 0 Å². The van der Waals surface area contributed by atoms with E-state index in [-0.39, 0.29) is 5.91 Å². The van der Waals surface area contributed by atoms with Crippen LogP contribution in [0.15, 0.2) is 35.2 Å². The zero-order chi connectivity index (χ0) is 13.0. The van der Waals surface area contributed by atoms with Crippen molar-refractivity contribution in [3.63, 3.8) is 0 Å². The molecule has 0 spiro atoms. The van der Waals surface area contributed by atoms with Gasteiger partial charge >= 0.3 is 0 Å². The molecule has 0 saturated carbocycles. The Kier molecular flexibility index (Phi) is 3.70. The topological polar surface area (TPSA) is 57.0 Å². The molecule has 2 rings (SSSR count). The van der Waals surface area contributed by atoms with Crippen molar-refractivity contribution < 1.29 is 4.79 Å². The van der Waals surface area contributed by atoms with Crippen LogP contribution >= 0.6 is 11.3 Å². The summed E-state index contributed by atoms with van der Waals surface area (Å²) in [5.74, 6) is -0.112. The average molecular weight is 257 g/mol. The van der Waals surface area contributed by atoms with Gasteiger partial charge in [-0.2, -0.15) is 5.26 Å². The number of aromatic nitrogens is 1. The molecule has 0 radical (unpaired) electrons. The van der Waals surface area contributed by atoms with E-state index in [0.29, 0.717) is 17.8 Å². The molecule has 0 fully saturated rings. The first-order chi connectivity index (χ1) is 8.70.